The van der Waals surface area contributed by atoms with Gasteiger partial charge in [0.2, 0.25) is 6.10 Å². The van der Waals surface area contributed by atoms with E-state index in [-0.39, 0.29) is 0 Å². The quantitative estimate of drug-likeness (QED) is 0.519. The van der Waals surface area contributed by atoms with Crippen molar-refractivity contribution >= 4 is 11.9 Å². The summed E-state index contributed by atoms with van der Waals surface area (Å²) in [6.45, 7) is 0. The molecular formula is C6H9O5+. The van der Waals surface area contributed by atoms with E-state index in [4.69, 9.17) is 14.9 Å². The van der Waals surface area contributed by atoms with E-state index in [0.29, 0.717) is 12.8 Å². The molecule has 1 heterocycles. The van der Waals surface area contributed by atoms with Crippen molar-refractivity contribution in [1.29, 1.82) is 0 Å². The van der Waals surface area contributed by atoms with Crippen LogP contribution in [0.4, 0.5) is 0 Å². The van der Waals surface area contributed by atoms with Crippen LogP contribution < -0.4 is 0 Å². The van der Waals surface area contributed by atoms with Gasteiger partial charge in [-0.25, -0.2) is 4.79 Å². The van der Waals surface area contributed by atoms with Gasteiger partial charge in [-0.05, 0) is 12.8 Å². The molecule has 0 aromatic carbocycles. The third kappa shape index (κ3) is 1.68. The van der Waals surface area contributed by atoms with Crippen molar-refractivity contribution in [3.05, 3.63) is 0 Å². The summed E-state index contributed by atoms with van der Waals surface area (Å²) in [6.07, 6.45) is -1.05. The Morgan fingerprint density at radius 3 is 2.18 bits per heavy atom. The topological polar surface area (TPSA) is 86.5 Å². The molecule has 1 rings (SSSR count). The van der Waals surface area contributed by atoms with Crippen molar-refractivity contribution in [2.75, 3.05) is 0 Å². The highest BCUT2D eigenvalue weighted by atomic mass is 16.5. The fraction of sp³-hybridized carbons (Fsp3) is 0.667. The summed E-state index contributed by atoms with van der Waals surface area (Å²) in [4.78, 5) is 20.6. The fourth-order valence-electron chi connectivity index (χ4n) is 1.01. The molecule has 0 saturated carbocycles. The van der Waals surface area contributed by atoms with E-state index in [1.807, 2.05) is 0 Å². The lowest BCUT2D eigenvalue weighted by Gasteiger charge is -2.01. The average molecular weight is 161 g/mol. The number of carbonyl (C=O) groups is 2. The second-order valence-corrected chi connectivity index (χ2v) is 2.39. The molecule has 11 heavy (non-hydrogen) atoms. The van der Waals surface area contributed by atoms with E-state index in [0.717, 1.165) is 0 Å². The van der Waals surface area contributed by atoms with Crippen molar-refractivity contribution in [3.8, 4) is 0 Å². The molecule has 2 atom stereocenters. The summed E-state index contributed by atoms with van der Waals surface area (Å²) >= 11 is 0. The molecule has 0 radical (unpaired) electrons. The van der Waals surface area contributed by atoms with Crippen molar-refractivity contribution in [2.45, 2.75) is 25.0 Å². The van der Waals surface area contributed by atoms with Gasteiger partial charge in [0.1, 0.15) is 0 Å². The summed E-state index contributed by atoms with van der Waals surface area (Å²) < 4.78 is 4.75. The van der Waals surface area contributed by atoms with Crippen LogP contribution in [-0.4, -0.2) is 34.4 Å². The van der Waals surface area contributed by atoms with E-state index in [2.05, 4.69) is 0 Å². The maximum Gasteiger partial charge on any atom is 0.545 e. The van der Waals surface area contributed by atoms with Crippen LogP contribution in [0.1, 0.15) is 12.8 Å². The molecule has 0 aliphatic carbocycles. The smallest absolute Gasteiger partial charge is 0.545 e. The van der Waals surface area contributed by atoms with E-state index in [1.54, 1.807) is 0 Å². The average Bonchev–Trinajstić information content (AvgIpc) is 2.33. The molecule has 1 aliphatic heterocycles. The Labute approximate surface area is 62.6 Å². The van der Waals surface area contributed by atoms with E-state index in [1.165, 1.54) is 0 Å². The summed E-state index contributed by atoms with van der Waals surface area (Å²) in [7, 11) is 0. The lowest BCUT2D eigenvalue weighted by molar-refractivity contribution is -0.157. The number of hydrogen-bond donors (Lipinski definition) is 1. The fourth-order valence-corrected chi connectivity index (χ4v) is 1.01. The highest BCUT2D eigenvalue weighted by Crippen LogP contribution is 2.19. The lowest BCUT2D eigenvalue weighted by atomic mass is 10.2. The molecule has 1 fully saturated rings. The van der Waals surface area contributed by atoms with Crippen molar-refractivity contribution in [1.82, 2.24) is 0 Å². The predicted octanol–water partition coefficient (Wildman–Crippen LogP) is -1.13. The van der Waals surface area contributed by atoms with Crippen LogP contribution >= 0.6 is 0 Å². The van der Waals surface area contributed by atoms with Gasteiger partial charge in [0.05, 0.1) is 0 Å². The highest BCUT2D eigenvalue weighted by molar-refractivity contribution is 5.76. The molecular weight excluding hydrogens is 152 g/mol. The predicted molar refractivity (Wildman–Crippen MR) is 34.2 cm³/mol. The van der Waals surface area contributed by atoms with Gasteiger partial charge in [0.15, 0.2) is 6.10 Å². The highest BCUT2D eigenvalue weighted by Gasteiger charge is 2.38. The number of ether oxygens (including phenoxy) is 1. The number of rotatable bonds is 2. The van der Waals surface area contributed by atoms with E-state index < -0.39 is 24.1 Å². The molecule has 2 unspecified atom stereocenters. The van der Waals surface area contributed by atoms with E-state index >= 15 is 0 Å². The molecule has 0 spiro atoms. The Morgan fingerprint density at radius 2 is 1.91 bits per heavy atom. The van der Waals surface area contributed by atoms with E-state index in [9.17, 15) is 9.59 Å². The maximum atomic E-state index is 10.4. The minimum Gasteiger partial charge on any atom is -0.563 e. The van der Waals surface area contributed by atoms with Gasteiger partial charge >= 0.3 is 11.9 Å². The van der Waals surface area contributed by atoms with Crippen LogP contribution in [0.5, 0.6) is 0 Å². The van der Waals surface area contributed by atoms with Gasteiger partial charge in [-0.2, -0.15) is 0 Å². The van der Waals surface area contributed by atoms with Crippen molar-refractivity contribution in [3.63, 3.8) is 0 Å². The van der Waals surface area contributed by atoms with Gasteiger partial charge in [-0.15, -0.1) is 0 Å². The molecule has 0 amide bonds. The molecule has 1 saturated heterocycles. The first kappa shape index (κ1) is 8.00. The minimum atomic E-state index is -1.06. The molecule has 1 aliphatic rings. The molecule has 0 bridgehead atoms. The maximum absolute atomic E-state index is 10.4. The van der Waals surface area contributed by atoms with Crippen LogP contribution in [0.25, 0.3) is 0 Å². The zero-order chi connectivity index (χ0) is 8.43. The van der Waals surface area contributed by atoms with Crippen LogP contribution in [0.2, 0.25) is 0 Å². The third-order valence-electron chi connectivity index (χ3n) is 1.59. The molecule has 5 nitrogen and oxygen atoms in total. The second-order valence-electron chi connectivity index (χ2n) is 2.39. The Balaban J connectivity index is 2.47. The molecule has 0 aromatic rings. The molecule has 0 aromatic heterocycles. The summed E-state index contributed by atoms with van der Waals surface area (Å²) in [5.74, 6) is -1.90. The number of carboxylic acid groups (broad SMARTS) is 1. The Kier molecular flexibility index (Phi) is 2.09. The van der Waals surface area contributed by atoms with Gasteiger partial charge < -0.3 is 14.9 Å². The molecule has 62 valence electrons. The zero-order valence-electron chi connectivity index (χ0n) is 5.74. The van der Waals surface area contributed by atoms with Crippen LogP contribution in [0.3, 0.4) is 0 Å². The van der Waals surface area contributed by atoms with Gasteiger partial charge in [0, 0.05) is 4.79 Å². The summed E-state index contributed by atoms with van der Waals surface area (Å²) in [5.41, 5.74) is 0. The SMILES string of the molecule is O=C(O)C1CCC(C(=O)[OH2+])O1. The first-order valence-corrected chi connectivity index (χ1v) is 3.25. The first-order valence-electron chi connectivity index (χ1n) is 3.25. The molecule has 3 N–H and O–H groups in total. The van der Waals surface area contributed by atoms with Crippen LogP contribution in [-0.2, 0) is 14.3 Å². The molecule has 5 heteroatoms. The van der Waals surface area contributed by atoms with Gasteiger partial charge in [-0.3, -0.25) is 0 Å². The van der Waals surface area contributed by atoms with Crippen molar-refractivity contribution < 1.29 is 24.5 Å². The summed E-state index contributed by atoms with van der Waals surface area (Å²) in [5, 5.41) is 15.1. The van der Waals surface area contributed by atoms with Crippen LogP contribution in [0, 0.1) is 0 Å². The Morgan fingerprint density at radius 1 is 1.36 bits per heavy atom. The van der Waals surface area contributed by atoms with Crippen LogP contribution in [0.15, 0.2) is 0 Å². The summed E-state index contributed by atoms with van der Waals surface area (Å²) in [6, 6.07) is 0. The number of carboxylic acids is 1. The lowest BCUT2D eigenvalue weighted by Crippen LogP contribution is -2.24. The first-order chi connectivity index (χ1) is 5.11. The number of carbonyl (C=O) groups excluding carboxylic acids is 1. The third-order valence-corrected chi connectivity index (χ3v) is 1.59. The normalized spacial score (nSPS) is 30.2. The van der Waals surface area contributed by atoms with Gasteiger partial charge in [0.25, 0.3) is 0 Å². The second kappa shape index (κ2) is 2.87. The van der Waals surface area contributed by atoms with Crippen molar-refractivity contribution in [2.24, 2.45) is 0 Å². The Bertz CT molecular complexity index is 167. The monoisotopic (exact) mass is 161 g/mol. The van der Waals surface area contributed by atoms with Gasteiger partial charge in [-0.1, -0.05) is 0 Å². The Hall–Kier alpha value is -1.10. The number of hydrogen-bond acceptors (Lipinski definition) is 3. The largest absolute Gasteiger partial charge is 0.563 e. The zero-order valence-corrected chi connectivity index (χ0v) is 5.74. The standard InChI is InChI=1S/C6H8O5/c7-5(8)3-1-2-4(11-3)6(9)10/h3-4H,1-2H2,(H,7,8)(H,9,10)/p+1. The minimum absolute atomic E-state index is 0.324. The number of aliphatic carboxylic acids is 1.